The fourth-order valence-corrected chi connectivity index (χ4v) is 3.30. The van der Waals surface area contributed by atoms with E-state index in [1.807, 2.05) is 42.7 Å². The quantitative estimate of drug-likeness (QED) is 0.282. The van der Waals surface area contributed by atoms with Crippen LogP contribution in [-0.4, -0.2) is 22.9 Å². The van der Waals surface area contributed by atoms with E-state index in [-0.39, 0.29) is 18.2 Å². The zero-order valence-corrected chi connectivity index (χ0v) is 17.6. The van der Waals surface area contributed by atoms with Gasteiger partial charge >= 0.3 is 5.97 Å². The van der Waals surface area contributed by atoms with Gasteiger partial charge in [-0.15, -0.1) is 0 Å². The van der Waals surface area contributed by atoms with Crippen molar-refractivity contribution in [1.29, 1.82) is 0 Å². The van der Waals surface area contributed by atoms with E-state index in [9.17, 15) is 14.0 Å². The van der Waals surface area contributed by atoms with Crippen LogP contribution in [0.5, 0.6) is 0 Å². The summed E-state index contributed by atoms with van der Waals surface area (Å²) in [5.74, 6) is -1.26. The third-order valence-electron chi connectivity index (χ3n) is 4.44. The first-order valence-electron chi connectivity index (χ1n) is 8.93. The molecule has 0 atom stereocenters. The number of aryl methyl sites for hydroxylation is 1. The number of benzene rings is 2. The summed E-state index contributed by atoms with van der Waals surface area (Å²) >= 11 is 3.41. The maximum absolute atomic E-state index is 12.9. The number of nitrogens with zero attached hydrogens (tertiary/aromatic N) is 1. The summed E-state index contributed by atoms with van der Waals surface area (Å²) in [4.78, 5) is 24.5. The van der Waals surface area contributed by atoms with Crippen molar-refractivity contribution in [3.8, 4) is 5.69 Å². The number of halogens is 2. The first-order chi connectivity index (χ1) is 13.8. The van der Waals surface area contributed by atoms with Gasteiger partial charge in [-0.2, -0.15) is 0 Å². The molecule has 3 aromatic rings. The van der Waals surface area contributed by atoms with Gasteiger partial charge in [0.25, 0.3) is 0 Å². The van der Waals surface area contributed by atoms with E-state index in [0.717, 1.165) is 21.5 Å². The highest BCUT2D eigenvalue weighted by Crippen LogP contribution is 2.22. The van der Waals surface area contributed by atoms with Gasteiger partial charge < -0.3 is 9.30 Å². The Labute approximate surface area is 176 Å². The fourth-order valence-electron chi connectivity index (χ4n) is 3.03. The average Bonchev–Trinajstić information content (AvgIpc) is 3.00. The Bertz CT molecular complexity index is 1070. The van der Waals surface area contributed by atoms with Crippen molar-refractivity contribution < 1.29 is 18.7 Å². The maximum atomic E-state index is 12.9. The largest absolute Gasteiger partial charge is 0.454 e. The maximum Gasteiger partial charge on any atom is 0.331 e. The van der Waals surface area contributed by atoms with Crippen LogP contribution < -0.4 is 0 Å². The Morgan fingerprint density at radius 1 is 1.07 bits per heavy atom. The average molecular weight is 456 g/mol. The number of ether oxygens (including phenoxy) is 1. The summed E-state index contributed by atoms with van der Waals surface area (Å²) < 4.78 is 20.9. The predicted molar refractivity (Wildman–Crippen MR) is 114 cm³/mol. The highest BCUT2D eigenvalue weighted by molar-refractivity contribution is 9.10. The van der Waals surface area contributed by atoms with Crippen LogP contribution in [0.1, 0.15) is 27.3 Å². The lowest BCUT2D eigenvalue weighted by Crippen LogP contribution is -2.13. The molecule has 148 valence electrons. The van der Waals surface area contributed by atoms with Crippen molar-refractivity contribution in [3.63, 3.8) is 0 Å². The van der Waals surface area contributed by atoms with E-state index >= 15 is 0 Å². The van der Waals surface area contributed by atoms with E-state index in [2.05, 4.69) is 15.9 Å². The lowest BCUT2D eigenvalue weighted by Gasteiger charge is -2.10. The molecule has 1 heterocycles. The van der Waals surface area contributed by atoms with Crippen LogP contribution in [-0.2, 0) is 9.53 Å². The molecule has 0 fully saturated rings. The minimum absolute atomic E-state index is 0.273. The third kappa shape index (κ3) is 5.09. The molecule has 0 unspecified atom stereocenters. The van der Waals surface area contributed by atoms with Gasteiger partial charge in [-0.3, -0.25) is 4.79 Å². The molecule has 6 heteroatoms. The van der Waals surface area contributed by atoms with Gasteiger partial charge in [0.1, 0.15) is 5.82 Å². The highest BCUT2D eigenvalue weighted by atomic mass is 79.9. The summed E-state index contributed by atoms with van der Waals surface area (Å²) in [7, 11) is 0. The smallest absolute Gasteiger partial charge is 0.331 e. The Kier molecular flexibility index (Phi) is 6.44. The zero-order chi connectivity index (χ0) is 21.0. The third-order valence-corrected chi connectivity index (χ3v) is 4.97. The standard InChI is InChI=1S/C23H19BrFNO3/c1-15-13-21(16(2)26(15)20-10-6-18(24)7-11-20)22(27)14-29-23(28)12-5-17-3-8-19(25)9-4-17/h3-13H,14H2,1-2H3. The molecule has 0 saturated carbocycles. The number of esters is 1. The zero-order valence-electron chi connectivity index (χ0n) is 16.0. The minimum Gasteiger partial charge on any atom is -0.454 e. The summed E-state index contributed by atoms with van der Waals surface area (Å²) in [6.07, 6.45) is 2.72. The van der Waals surface area contributed by atoms with Crippen LogP contribution in [0.3, 0.4) is 0 Å². The summed E-state index contributed by atoms with van der Waals surface area (Å²) in [5.41, 5.74) is 3.82. The molecule has 0 N–H and O–H groups in total. The molecule has 1 aromatic heterocycles. The number of ketones is 1. The van der Waals surface area contributed by atoms with Gasteiger partial charge in [0.15, 0.2) is 6.61 Å². The Morgan fingerprint density at radius 2 is 1.72 bits per heavy atom. The van der Waals surface area contributed by atoms with Crippen molar-refractivity contribution in [2.75, 3.05) is 6.61 Å². The number of Topliss-reactive ketones (excluding diaryl/α,β-unsaturated/α-hetero) is 1. The summed E-state index contributed by atoms with van der Waals surface area (Å²) in [6.45, 7) is 3.43. The summed E-state index contributed by atoms with van der Waals surface area (Å²) in [5, 5.41) is 0. The normalized spacial score (nSPS) is 11.0. The topological polar surface area (TPSA) is 48.3 Å². The molecule has 0 radical (unpaired) electrons. The molecule has 29 heavy (non-hydrogen) atoms. The molecule has 0 amide bonds. The van der Waals surface area contributed by atoms with Crippen molar-refractivity contribution in [2.24, 2.45) is 0 Å². The lowest BCUT2D eigenvalue weighted by molar-refractivity contribution is -0.136. The molecule has 0 saturated heterocycles. The number of hydrogen-bond acceptors (Lipinski definition) is 3. The number of carbonyl (C=O) groups excluding carboxylic acids is 2. The molecule has 3 rings (SSSR count). The lowest BCUT2D eigenvalue weighted by atomic mass is 10.1. The van der Waals surface area contributed by atoms with E-state index in [1.165, 1.54) is 24.3 Å². The van der Waals surface area contributed by atoms with Crippen LogP contribution in [0.2, 0.25) is 0 Å². The van der Waals surface area contributed by atoms with Gasteiger partial charge in [0.05, 0.1) is 0 Å². The molecule has 0 bridgehead atoms. The predicted octanol–water partition coefficient (Wildman–Crippen LogP) is 5.44. The van der Waals surface area contributed by atoms with E-state index in [1.54, 1.807) is 18.2 Å². The molecular weight excluding hydrogens is 437 g/mol. The fraction of sp³-hybridized carbons (Fsp3) is 0.130. The van der Waals surface area contributed by atoms with Crippen LogP contribution in [0.25, 0.3) is 11.8 Å². The van der Waals surface area contributed by atoms with Gasteiger partial charge in [-0.1, -0.05) is 28.1 Å². The molecule has 0 aliphatic carbocycles. The van der Waals surface area contributed by atoms with Crippen molar-refractivity contribution in [3.05, 3.63) is 93.5 Å². The molecule has 0 aliphatic rings. The second kappa shape index (κ2) is 9.01. The molecule has 2 aromatic carbocycles. The van der Waals surface area contributed by atoms with E-state index < -0.39 is 5.97 Å². The van der Waals surface area contributed by atoms with Gasteiger partial charge in [0.2, 0.25) is 5.78 Å². The number of rotatable bonds is 6. The molecule has 4 nitrogen and oxygen atoms in total. The van der Waals surface area contributed by atoms with Crippen LogP contribution >= 0.6 is 15.9 Å². The Hall–Kier alpha value is -2.99. The molecular formula is C23H19BrFNO3. The van der Waals surface area contributed by atoms with Crippen LogP contribution in [0.4, 0.5) is 4.39 Å². The number of hydrogen-bond donors (Lipinski definition) is 0. The summed E-state index contributed by atoms with van der Waals surface area (Å²) in [6, 6.07) is 15.3. The van der Waals surface area contributed by atoms with E-state index in [4.69, 9.17) is 4.74 Å². The highest BCUT2D eigenvalue weighted by Gasteiger charge is 2.17. The Morgan fingerprint density at radius 3 is 2.38 bits per heavy atom. The van der Waals surface area contributed by atoms with Gasteiger partial charge in [0, 0.05) is 33.2 Å². The van der Waals surface area contributed by atoms with Crippen molar-refractivity contribution >= 4 is 33.8 Å². The van der Waals surface area contributed by atoms with Gasteiger partial charge in [-0.25, -0.2) is 9.18 Å². The number of carbonyl (C=O) groups is 2. The first kappa shape index (κ1) is 20.7. The first-order valence-corrected chi connectivity index (χ1v) is 9.73. The Balaban J connectivity index is 1.66. The van der Waals surface area contributed by atoms with Crippen LogP contribution in [0, 0.1) is 19.7 Å². The van der Waals surface area contributed by atoms with Crippen molar-refractivity contribution in [2.45, 2.75) is 13.8 Å². The monoisotopic (exact) mass is 455 g/mol. The van der Waals surface area contributed by atoms with E-state index in [0.29, 0.717) is 11.1 Å². The second-order valence-electron chi connectivity index (χ2n) is 6.51. The molecule has 0 aliphatic heterocycles. The van der Waals surface area contributed by atoms with Gasteiger partial charge in [-0.05, 0) is 68.0 Å². The molecule has 0 spiro atoms. The minimum atomic E-state index is -0.635. The van der Waals surface area contributed by atoms with Crippen LogP contribution in [0.15, 0.2) is 65.1 Å². The SMILES string of the molecule is Cc1cc(C(=O)COC(=O)C=Cc2ccc(F)cc2)c(C)n1-c1ccc(Br)cc1. The van der Waals surface area contributed by atoms with Crippen molar-refractivity contribution in [1.82, 2.24) is 4.57 Å². The number of aromatic nitrogens is 1. The second-order valence-corrected chi connectivity index (χ2v) is 7.43.